The fourth-order valence-corrected chi connectivity index (χ4v) is 3.03. The molecule has 1 aliphatic rings. The third-order valence-corrected chi connectivity index (χ3v) is 5.38. The number of rotatable bonds is 6. The third-order valence-electron chi connectivity index (χ3n) is 5.09. The normalized spacial score (nSPS) is 19.6. The van der Waals surface area contributed by atoms with Gasteiger partial charge in [-0.1, -0.05) is 12.1 Å². The van der Waals surface area contributed by atoms with Crippen molar-refractivity contribution in [3.05, 3.63) is 29.3 Å². The Morgan fingerprint density at radius 3 is 2.28 bits per heavy atom. The van der Waals surface area contributed by atoms with Crippen molar-refractivity contribution in [2.75, 3.05) is 14.2 Å². The van der Waals surface area contributed by atoms with Gasteiger partial charge in [0.1, 0.15) is 5.75 Å². The van der Waals surface area contributed by atoms with Crippen LogP contribution in [0, 0.1) is 0 Å². The molecule has 0 N–H and O–H groups in total. The van der Waals surface area contributed by atoms with E-state index in [-0.39, 0.29) is 18.2 Å². The molecule has 1 fully saturated rings. The first-order valence-electron chi connectivity index (χ1n) is 8.30. The lowest BCUT2D eigenvalue weighted by molar-refractivity contribution is -0.140. The Morgan fingerprint density at radius 1 is 1.20 bits per heavy atom. The van der Waals surface area contributed by atoms with Gasteiger partial charge in [-0.3, -0.25) is 4.79 Å². The molecule has 0 aliphatic carbocycles. The van der Waals surface area contributed by atoms with E-state index in [1.54, 1.807) is 7.11 Å². The second kappa shape index (κ2) is 7.56. The molecule has 25 heavy (non-hydrogen) atoms. The van der Waals surface area contributed by atoms with E-state index < -0.39 is 18.3 Å². The zero-order chi connectivity index (χ0) is 18.8. The summed E-state index contributed by atoms with van der Waals surface area (Å²) in [7, 11) is 2.42. The van der Waals surface area contributed by atoms with Crippen molar-refractivity contribution in [3.8, 4) is 5.75 Å². The van der Waals surface area contributed by atoms with Gasteiger partial charge in [-0.15, -0.1) is 11.6 Å². The highest BCUT2D eigenvalue weighted by molar-refractivity contribution is 6.48. The van der Waals surface area contributed by atoms with Gasteiger partial charge in [0.05, 0.1) is 37.7 Å². The molecule has 0 radical (unpaired) electrons. The van der Waals surface area contributed by atoms with E-state index in [9.17, 15) is 4.79 Å². The quantitative estimate of drug-likeness (QED) is 0.435. The molecule has 0 spiro atoms. The lowest BCUT2D eigenvalue weighted by Crippen LogP contribution is -2.41. The number of hydrogen-bond donors (Lipinski definition) is 0. The highest BCUT2D eigenvalue weighted by atomic mass is 35.5. The first kappa shape index (κ1) is 20.1. The van der Waals surface area contributed by atoms with Crippen LogP contribution in [0.5, 0.6) is 5.75 Å². The summed E-state index contributed by atoms with van der Waals surface area (Å²) in [5, 5.41) is 0. The zero-order valence-corrected chi connectivity index (χ0v) is 16.5. The van der Waals surface area contributed by atoms with Crippen LogP contribution in [-0.2, 0) is 24.7 Å². The second-order valence-electron chi connectivity index (χ2n) is 7.22. The van der Waals surface area contributed by atoms with Gasteiger partial charge in [-0.2, -0.15) is 0 Å². The van der Waals surface area contributed by atoms with E-state index in [0.29, 0.717) is 11.6 Å². The van der Waals surface area contributed by atoms with Gasteiger partial charge in [0.2, 0.25) is 0 Å². The van der Waals surface area contributed by atoms with Crippen LogP contribution in [0.2, 0.25) is 0 Å². The maximum absolute atomic E-state index is 12.0. The Balaban J connectivity index is 2.39. The smallest absolute Gasteiger partial charge is 0.466 e. The van der Waals surface area contributed by atoms with Crippen LogP contribution in [0.3, 0.4) is 0 Å². The van der Waals surface area contributed by atoms with Gasteiger partial charge in [0, 0.05) is 11.4 Å². The minimum atomic E-state index is -0.555. The van der Waals surface area contributed by atoms with Crippen molar-refractivity contribution < 1.29 is 23.6 Å². The Morgan fingerprint density at radius 2 is 1.80 bits per heavy atom. The fraction of sp³-hybridized carbons (Fsp3) is 0.611. The molecule has 0 aromatic heterocycles. The number of carbonyl (C=O) groups is 1. The number of ether oxygens (including phenoxy) is 2. The fourth-order valence-electron chi connectivity index (χ4n) is 2.82. The molecule has 1 unspecified atom stereocenters. The minimum absolute atomic E-state index is 0.154. The number of esters is 1. The minimum Gasteiger partial charge on any atom is -0.496 e. The van der Waals surface area contributed by atoms with E-state index in [1.165, 1.54) is 7.11 Å². The lowest BCUT2D eigenvalue weighted by atomic mass is 9.66. The predicted molar refractivity (Wildman–Crippen MR) is 98.0 cm³/mol. The SMILES string of the molecule is COC(=O)CC(B1OC(C)(C)C(C)(C)O1)c1ccc(OC)c(CCl)c1. The average molecular weight is 369 g/mol. The molecule has 1 atom stereocenters. The van der Waals surface area contributed by atoms with E-state index in [0.717, 1.165) is 11.1 Å². The molecule has 0 bridgehead atoms. The molecule has 138 valence electrons. The van der Waals surface area contributed by atoms with Crippen molar-refractivity contribution in [1.82, 2.24) is 0 Å². The van der Waals surface area contributed by atoms with Crippen molar-refractivity contribution in [2.45, 2.75) is 57.0 Å². The van der Waals surface area contributed by atoms with Crippen LogP contribution >= 0.6 is 11.6 Å². The summed E-state index contributed by atoms with van der Waals surface area (Å²) in [5.74, 6) is 0.402. The Hall–Kier alpha value is -1.24. The highest BCUT2D eigenvalue weighted by Crippen LogP contribution is 2.42. The third kappa shape index (κ3) is 4.13. The number of benzene rings is 1. The maximum atomic E-state index is 12.0. The Bertz CT molecular complexity index is 616. The van der Waals surface area contributed by atoms with Crippen LogP contribution in [0.15, 0.2) is 18.2 Å². The first-order chi connectivity index (χ1) is 11.6. The maximum Gasteiger partial charge on any atom is 0.466 e. The van der Waals surface area contributed by atoms with E-state index in [2.05, 4.69) is 0 Å². The molecule has 1 aliphatic heterocycles. The van der Waals surface area contributed by atoms with E-state index in [4.69, 9.17) is 30.4 Å². The van der Waals surface area contributed by atoms with Gasteiger partial charge in [0.25, 0.3) is 0 Å². The molecular formula is C18H26BClO5. The topological polar surface area (TPSA) is 54.0 Å². The Labute approximate surface area is 155 Å². The van der Waals surface area contributed by atoms with Crippen molar-refractivity contribution in [1.29, 1.82) is 0 Å². The molecule has 1 heterocycles. The molecular weight excluding hydrogens is 342 g/mol. The number of methoxy groups -OCH3 is 2. The van der Waals surface area contributed by atoms with Gasteiger partial charge in [0.15, 0.2) is 0 Å². The van der Waals surface area contributed by atoms with Crippen molar-refractivity contribution in [2.24, 2.45) is 0 Å². The van der Waals surface area contributed by atoms with Crippen LogP contribution in [0.4, 0.5) is 0 Å². The summed E-state index contributed by atoms with van der Waals surface area (Å²) in [4.78, 5) is 12.0. The van der Waals surface area contributed by atoms with E-state index >= 15 is 0 Å². The lowest BCUT2D eigenvalue weighted by Gasteiger charge is -2.32. The Kier molecular flexibility index (Phi) is 6.07. The molecule has 1 aromatic rings. The van der Waals surface area contributed by atoms with Crippen LogP contribution in [0.25, 0.3) is 0 Å². The summed E-state index contributed by atoms with van der Waals surface area (Å²) >= 11 is 6.04. The molecule has 1 aromatic carbocycles. The van der Waals surface area contributed by atoms with Gasteiger partial charge >= 0.3 is 13.1 Å². The number of alkyl halides is 1. The predicted octanol–water partition coefficient (Wildman–Crippen LogP) is 3.71. The van der Waals surface area contributed by atoms with Crippen LogP contribution < -0.4 is 4.74 Å². The monoisotopic (exact) mass is 368 g/mol. The largest absolute Gasteiger partial charge is 0.496 e. The summed E-state index contributed by atoms with van der Waals surface area (Å²) < 4.78 is 22.5. The molecule has 7 heteroatoms. The number of hydrogen-bond acceptors (Lipinski definition) is 5. The van der Waals surface area contributed by atoms with Gasteiger partial charge in [-0.25, -0.2) is 0 Å². The summed E-state index contributed by atoms with van der Waals surface area (Å²) in [6.45, 7) is 7.95. The van der Waals surface area contributed by atoms with Crippen molar-refractivity contribution in [3.63, 3.8) is 0 Å². The van der Waals surface area contributed by atoms with E-state index in [1.807, 2.05) is 45.9 Å². The van der Waals surface area contributed by atoms with Crippen molar-refractivity contribution >= 4 is 24.7 Å². The standard InChI is InChI=1S/C18H26BClO5/c1-17(2)18(3,4)25-19(24-17)14(10-16(21)23-6)12-7-8-15(22-5)13(9-12)11-20/h7-9,14H,10-11H2,1-6H3. The van der Waals surface area contributed by atoms with Crippen LogP contribution in [0.1, 0.15) is 51.1 Å². The highest BCUT2D eigenvalue weighted by Gasteiger charge is 2.54. The number of carbonyl (C=O) groups excluding carboxylic acids is 1. The zero-order valence-electron chi connectivity index (χ0n) is 15.7. The average Bonchev–Trinajstić information content (AvgIpc) is 2.79. The summed E-state index contributed by atoms with van der Waals surface area (Å²) in [5.41, 5.74) is 0.801. The molecule has 2 rings (SSSR count). The second-order valence-corrected chi connectivity index (χ2v) is 7.48. The summed E-state index contributed by atoms with van der Waals surface area (Å²) in [6.07, 6.45) is 0.154. The van der Waals surface area contributed by atoms with Crippen LogP contribution in [-0.4, -0.2) is 38.5 Å². The first-order valence-corrected chi connectivity index (χ1v) is 8.84. The van der Waals surface area contributed by atoms with Gasteiger partial charge in [-0.05, 0) is 39.3 Å². The summed E-state index contributed by atoms with van der Waals surface area (Å²) in [6, 6.07) is 5.70. The molecule has 0 amide bonds. The molecule has 1 saturated heterocycles. The van der Waals surface area contributed by atoms with Gasteiger partial charge < -0.3 is 18.8 Å². The molecule has 5 nitrogen and oxygen atoms in total. The molecule has 0 saturated carbocycles. The number of halogens is 1.